The summed E-state index contributed by atoms with van der Waals surface area (Å²) in [5.74, 6) is 0.400. The molecule has 0 aliphatic carbocycles. The standard InChI is InChI=1S/C12H16BrFO2/c1-9(2)8-15-5-6-16-12-7-10(13)3-4-11(12)14/h3-4,7,9H,5-6,8H2,1-2H3. The van der Waals surface area contributed by atoms with E-state index in [2.05, 4.69) is 29.8 Å². The van der Waals surface area contributed by atoms with Crippen molar-refractivity contribution in [1.29, 1.82) is 0 Å². The second-order valence-electron chi connectivity index (χ2n) is 3.89. The molecule has 1 rings (SSSR count). The summed E-state index contributed by atoms with van der Waals surface area (Å²) >= 11 is 3.26. The smallest absolute Gasteiger partial charge is 0.165 e. The molecule has 1 aromatic rings. The SMILES string of the molecule is CC(C)COCCOc1cc(Br)ccc1F. The van der Waals surface area contributed by atoms with Gasteiger partial charge in [0.05, 0.1) is 6.61 Å². The molecule has 2 nitrogen and oxygen atoms in total. The highest BCUT2D eigenvalue weighted by atomic mass is 79.9. The maximum atomic E-state index is 13.2. The molecule has 0 aliphatic heterocycles. The predicted molar refractivity (Wildman–Crippen MR) is 65.3 cm³/mol. The van der Waals surface area contributed by atoms with E-state index in [0.717, 1.165) is 4.47 Å². The highest BCUT2D eigenvalue weighted by molar-refractivity contribution is 9.10. The fourth-order valence-electron chi connectivity index (χ4n) is 1.12. The minimum atomic E-state index is -0.355. The van der Waals surface area contributed by atoms with Gasteiger partial charge in [0.2, 0.25) is 0 Å². The summed E-state index contributed by atoms with van der Waals surface area (Å²) in [5, 5.41) is 0. The van der Waals surface area contributed by atoms with Crippen LogP contribution in [0.25, 0.3) is 0 Å². The van der Waals surface area contributed by atoms with Gasteiger partial charge in [-0.05, 0) is 24.1 Å². The molecule has 0 amide bonds. The molecular formula is C12H16BrFO2. The van der Waals surface area contributed by atoms with Crippen molar-refractivity contribution in [3.63, 3.8) is 0 Å². The molecular weight excluding hydrogens is 275 g/mol. The molecule has 0 unspecified atom stereocenters. The third-order valence-corrected chi connectivity index (χ3v) is 2.32. The summed E-state index contributed by atoms with van der Waals surface area (Å²) in [6.07, 6.45) is 0. The second kappa shape index (κ2) is 6.86. The molecule has 0 saturated carbocycles. The lowest BCUT2D eigenvalue weighted by molar-refractivity contribution is 0.0807. The van der Waals surface area contributed by atoms with Crippen molar-refractivity contribution in [2.45, 2.75) is 13.8 Å². The minimum Gasteiger partial charge on any atom is -0.488 e. The van der Waals surface area contributed by atoms with Gasteiger partial charge in [-0.3, -0.25) is 0 Å². The Kier molecular flexibility index (Phi) is 5.77. The summed E-state index contributed by atoms with van der Waals surface area (Å²) in [6.45, 7) is 5.69. The van der Waals surface area contributed by atoms with E-state index in [1.54, 1.807) is 12.1 Å². The zero-order chi connectivity index (χ0) is 12.0. The number of benzene rings is 1. The normalized spacial score (nSPS) is 10.8. The highest BCUT2D eigenvalue weighted by Gasteiger charge is 2.03. The van der Waals surface area contributed by atoms with Crippen LogP contribution in [0.5, 0.6) is 5.75 Å². The van der Waals surface area contributed by atoms with Crippen LogP contribution in [0, 0.1) is 11.7 Å². The van der Waals surface area contributed by atoms with Crippen molar-refractivity contribution < 1.29 is 13.9 Å². The Bertz CT molecular complexity index is 329. The van der Waals surface area contributed by atoms with Gasteiger partial charge < -0.3 is 9.47 Å². The first-order valence-electron chi connectivity index (χ1n) is 5.25. The van der Waals surface area contributed by atoms with E-state index in [9.17, 15) is 4.39 Å². The Labute approximate surface area is 104 Å². The number of halogens is 2. The fourth-order valence-corrected chi connectivity index (χ4v) is 1.46. The Morgan fingerprint density at radius 1 is 1.31 bits per heavy atom. The maximum absolute atomic E-state index is 13.2. The third kappa shape index (κ3) is 4.94. The van der Waals surface area contributed by atoms with Crippen LogP contribution >= 0.6 is 15.9 Å². The van der Waals surface area contributed by atoms with Gasteiger partial charge in [-0.1, -0.05) is 29.8 Å². The van der Waals surface area contributed by atoms with Crippen LogP contribution in [0.1, 0.15) is 13.8 Å². The molecule has 0 radical (unpaired) electrons. The minimum absolute atomic E-state index is 0.252. The van der Waals surface area contributed by atoms with Crippen LogP contribution < -0.4 is 4.74 Å². The lowest BCUT2D eigenvalue weighted by Gasteiger charge is -2.09. The molecule has 0 N–H and O–H groups in total. The molecule has 0 saturated heterocycles. The van der Waals surface area contributed by atoms with Crippen LogP contribution in [0.3, 0.4) is 0 Å². The van der Waals surface area contributed by atoms with Gasteiger partial charge in [0, 0.05) is 11.1 Å². The summed E-state index contributed by atoms with van der Waals surface area (Å²) in [5.41, 5.74) is 0. The maximum Gasteiger partial charge on any atom is 0.165 e. The van der Waals surface area contributed by atoms with Crippen LogP contribution in [0.4, 0.5) is 4.39 Å². The van der Waals surface area contributed by atoms with Crippen molar-refractivity contribution in [2.75, 3.05) is 19.8 Å². The van der Waals surface area contributed by atoms with Crippen molar-refractivity contribution in [2.24, 2.45) is 5.92 Å². The van der Waals surface area contributed by atoms with Gasteiger partial charge in [0.1, 0.15) is 6.61 Å². The van der Waals surface area contributed by atoms with Gasteiger partial charge in [0.25, 0.3) is 0 Å². The Balaban J connectivity index is 2.29. The van der Waals surface area contributed by atoms with Gasteiger partial charge in [0.15, 0.2) is 11.6 Å². The van der Waals surface area contributed by atoms with E-state index in [1.807, 2.05) is 0 Å². The largest absolute Gasteiger partial charge is 0.488 e. The molecule has 0 aromatic heterocycles. The average Bonchev–Trinajstić information content (AvgIpc) is 2.22. The van der Waals surface area contributed by atoms with E-state index in [0.29, 0.717) is 25.7 Å². The van der Waals surface area contributed by atoms with Gasteiger partial charge in [-0.2, -0.15) is 0 Å². The van der Waals surface area contributed by atoms with Crippen LogP contribution in [-0.2, 0) is 4.74 Å². The molecule has 0 heterocycles. The monoisotopic (exact) mass is 290 g/mol. The third-order valence-electron chi connectivity index (χ3n) is 1.83. The number of hydrogen-bond acceptors (Lipinski definition) is 2. The second-order valence-corrected chi connectivity index (χ2v) is 4.81. The number of rotatable bonds is 6. The van der Waals surface area contributed by atoms with E-state index >= 15 is 0 Å². The number of hydrogen-bond donors (Lipinski definition) is 0. The van der Waals surface area contributed by atoms with Crippen molar-refractivity contribution in [3.05, 3.63) is 28.5 Å². The molecule has 0 spiro atoms. The molecule has 0 bridgehead atoms. The zero-order valence-electron chi connectivity index (χ0n) is 9.50. The first kappa shape index (κ1) is 13.5. The first-order chi connectivity index (χ1) is 7.59. The lowest BCUT2D eigenvalue weighted by atomic mass is 10.2. The molecule has 1 aromatic carbocycles. The van der Waals surface area contributed by atoms with E-state index < -0.39 is 0 Å². The van der Waals surface area contributed by atoms with Crippen molar-refractivity contribution in [1.82, 2.24) is 0 Å². The van der Waals surface area contributed by atoms with E-state index in [-0.39, 0.29) is 11.6 Å². The summed E-state index contributed by atoms with van der Waals surface area (Å²) in [6, 6.07) is 4.61. The molecule has 90 valence electrons. The molecule has 0 fully saturated rings. The van der Waals surface area contributed by atoms with Gasteiger partial charge >= 0.3 is 0 Å². The molecule has 16 heavy (non-hydrogen) atoms. The summed E-state index contributed by atoms with van der Waals surface area (Å²) in [7, 11) is 0. The molecule has 4 heteroatoms. The van der Waals surface area contributed by atoms with Crippen molar-refractivity contribution >= 4 is 15.9 Å². The Hall–Kier alpha value is -0.610. The zero-order valence-corrected chi connectivity index (χ0v) is 11.1. The summed E-state index contributed by atoms with van der Waals surface area (Å²) in [4.78, 5) is 0. The van der Waals surface area contributed by atoms with E-state index in [1.165, 1.54) is 6.07 Å². The van der Waals surface area contributed by atoms with Crippen LogP contribution in [0.2, 0.25) is 0 Å². The topological polar surface area (TPSA) is 18.5 Å². The van der Waals surface area contributed by atoms with Crippen LogP contribution in [0.15, 0.2) is 22.7 Å². The molecule has 0 aliphatic rings. The predicted octanol–water partition coefficient (Wildman–Crippen LogP) is 3.64. The van der Waals surface area contributed by atoms with Crippen molar-refractivity contribution in [3.8, 4) is 5.75 Å². The van der Waals surface area contributed by atoms with Crippen LogP contribution in [-0.4, -0.2) is 19.8 Å². The number of ether oxygens (including phenoxy) is 2. The molecule has 0 atom stereocenters. The van der Waals surface area contributed by atoms with Gasteiger partial charge in [-0.15, -0.1) is 0 Å². The lowest BCUT2D eigenvalue weighted by Crippen LogP contribution is -2.10. The van der Waals surface area contributed by atoms with E-state index in [4.69, 9.17) is 9.47 Å². The fraction of sp³-hybridized carbons (Fsp3) is 0.500. The quantitative estimate of drug-likeness (QED) is 0.745. The first-order valence-corrected chi connectivity index (χ1v) is 6.04. The Morgan fingerprint density at radius 3 is 2.75 bits per heavy atom. The highest BCUT2D eigenvalue weighted by Crippen LogP contribution is 2.21. The summed E-state index contributed by atoms with van der Waals surface area (Å²) < 4.78 is 24.6. The van der Waals surface area contributed by atoms with Gasteiger partial charge in [-0.25, -0.2) is 4.39 Å². The average molecular weight is 291 g/mol. The Morgan fingerprint density at radius 2 is 2.06 bits per heavy atom.